The molecule has 0 saturated carbocycles. The number of methoxy groups -OCH3 is 1. The van der Waals surface area contributed by atoms with Gasteiger partial charge in [0.25, 0.3) is 5.91 Å². The SMILES string of the molecule is COC(CN)C(=O)NCC(C)(O)CO. The topological polar surface area (TPSA) is 105 Å². The van der Waals surface area contributed by atoms with Crippen molar-refractivity contribution in [2.75, 3.05) is 26.8 Å². The molecule has 0 aliphatic carbocycles. The minimum atomic E-state index is -1.32. The van der Waals surface area contributed by atoms with Crippen molar-refractivity contribution >= 4 is 5.91 Å². The van der Waals surface area contributed by atoms with Gasteiger partial charge >= 0.3 is 0 Å². The molecule has 84 valence electrons. The van der Waals surface area contributed by atoms with Gasteiger partial charge in [-0.15, -0.1) is 0 Å². The van der Waals surface area contributed by atoms with Crippen molar-refractivity contribution in [3.05, 3.63) is 0 Å². The Balaban J connectivity index is 3.95. The van der Waals surface area contributed by atoms with Gasteiger partial charge in [0, 0.05) is 20.2 Å². The standard InChI is InChI=1S/C8H18N2O4/c1-8(13,5-11)4-10-7(12)6(3-9)14-2/h6,11,13H,3-5,9H2,1-2H3,(H,10,12). The van der Waals surface area contributed by atoms with Crippen LogP contribution in [-0.4, -0.2) is 54.6 Å². The molecule has 0 aromatic rings. The highest BCUT2D eigenvalue weighted by Gasteiger charge is 2.22. The minimum Gasteiger partial charge on any atom is -0.393 e. The van der Waals surface area contributed by atoms with Crippen LogP contribution in [0.5, 0.6) is 0 Å². The van der Waals surface area contributed by atoms with E-state index < -0.39 is 24.2 Å². The fourth-order valence-electron chi connectivity index (χ4n) is 0.758. The van der Waals surface area contributed by atoms with Gasteiger partial charge in [-0.1, -0.05) is 0 Å². The first-order valence-corrected chi connectivity index (χ1v) is 4.30. The zero-order valence-electron chi connectivity index (χ0n) is 8.49. The summed E-state index contributed by atoms with van der Waals surface area (Å²) >= 11 is 0. The number of rotatable bonds is 6. The number of nitrogens with one attached hydrogen (secondary N) is 1. The Labute approximate surface area is 83.0 Å². The summed E-state index contributed by atoms with van der Waals surface area (Å²) in [7, 11) is 1.38. The molecule has 14 heavy (non-hydrogen) atoms. The Morgan fingerprint density at radius 1 is 1.71 bits per heavy atom. The van der Waals surface area contributed by atoms with E-state index in [1.165, 1.54) is 14.0 Å². The summed E-state index contributed by atoms with van der Waals surface area (Å²) in [5.41, 5.74) is 3.94. The fourth-order valence-corrected chi connectivity index (χ4v) is 0.758. The summed E-state index contributed by atoms with van der Waals surface area (Å²) in [6.07, 6.45) is -0.718. The van der Waals surface area contributed by atoms with Gasteiger partial charge in [-0.05, 0) is 6.92 Å². The maximum absolute atomic E-state index is 11.3. The maximum atomic E-state index is 11.3. The third-order valence-corrected chi connectivity index (χ3v) is 1.78. The summed E-state index contributed by atoms with van der Waals surface area (Å²) < 4.78 is 4.78. The van der Waals surface area contributed by atoms with Gasteiger partial charge in [-0.2, -0.15) is 0 Å². The maximum Gasteiger partial charge on any atom is 0.250 e. The summed E-state index contributed by atoms with van der Waals surface area (Å²) in [6.45, 7) is 1.02. The molecule has 0 aromatic carbocycles. The first-order chi connectivity index (χ1) is 6.46. The van der Waals surface area contributed by atoms with Crippen molar-refractivity contribution in [2.24, 2.45) is 5.73 Å². The van der Waals surface area contributed by atoms with E-state index in [-0.39, 0.29) is 13.1 Å². The Bertz CT molecular complexity index is 180. The van der Waals surface area contributed by atoms with Gasteiger partial charge in [-0.25, -0.2) is 0 Å². The zero-order valence-corrected chi connectivity index (χ0v) is 8.49. The first-order valence-electron chi connectivity index (χ1n) is 4.30. The lowest BCUT2D eigenvalue weighted by molar-refractivity contribution is -0.131. The quantitative estimate of drug-likeness (QED) is 0.395. The average Bonchev–Trinajstić information content (AvgIpc) is 2.17. The molecule has 2 atom stereocenters. The number of ether oxygens (including phenoxy) is 1. The van der Waals surface area contributed by atoms with Crippen LogP contribution in [0.2, 0.25) is 0 Å². The number of carbonyl (C=O) groups excluding carboxylic acids is 1. The average molecular weight is 206 g/mol. The van der Waals surface area contributed by atoms with Crippen LogP contribution in [0.3, 0.4) is 0 Å². The molecule has 0 rings (SSSR count). The van der Waals surface area contributed by atoms with E-state index >= 15 is 0 Å². The highest BCUT2D eigenvalue weighted by atomic mass is 16.5. The first kappa shape index (κ1) is 13.3. The molecule has 0 spiro atoms. The van der Waals surface area contributed by atoms with Gasteiger partial charge in [-0.3, -0.25) is 4.79 Å². The van der Waals surface area contributed by atoms with Crippen LogP contribution < -0.4 is 11.1 Å². The molecule has 6 heteroatoms. The number of hydrogen-bond acceptors (Lipinski definition) is 5. The van der Waals surface area contributed by atoms with Crippen molar-refractivity contribution in [3.63, 3.8) is 0 Å². The van der Waals surface area contributed by atoms with Crippen LogP contribution in [-0.2, 0) is 9.53 Å². The molecule has 0 radical (unpaired) electrons. The highest BCUT2D eigenvalue weighted by molar-refractivity contribution is 5.81. The predicted molar refractivity (Wildman–Crippen MR) is 50.6 cm³/mol. The van der Waals surface area contributed by atoms with Gasteiger partial charge in [0.1, 0.15) is 11.7 Å². The lowest BCUT2D eigenvalue weighted by atomic mass is 10.1. The molecular formula is C8H18N2O4. The molecule has 0 aliphatic heterocycles. The number of amides is 1. The van der Waals surface area contributed by atoms with E-state index in [2.05, 4.69) is 5.32 Å². The van der Waals surface area contributed by atoms with E-state index in [0.29, 0.717) is 0 Å². The van der Waals surface area contributed by atoms with E-state index in [1.807, 2.05) is 0 Å². The molecule has 0 aliphatic rings. The molecule has 0 bridgehead atoms. The van der Waals surface area contributed by atoms with E-state index in [1.54, 1.807) is 0 Å². The zero-order chi connectivity index (χ0) is 11.2. The summed E-state index contributed by atoms with van der Waals surface area (Å²) in [6, 6.07) is 0. The molecule has 0 fully saturated rings. The second kappa shape index (κ2) is 5.92. The Kier molecular flexibility index (Phi) is 5.63. The Morgan fingerprint density at radius 3 is 2.64 bits per heavy atom. The summed E-state index contributed by atoms with van der Waals surface area (Å²) in [4.78, 5) is 11.3. The smallest absolute Gasteiger partial charge is 0.250 e. The van der Waals surface area contributed by atoms with Crippen LogP contribution in [0, 0.1) is 0 Å². The number of carbonyl (C=O) groups is 1. The van der Waals surface area contributed by atoms with Crippen molar-refractivity contribution in [1.82, 2.24) is 5.32 Å². The molecule has 0 aromatic heterocycles. The van der Waals surface area contributed by atoms with Gasteiger partial charge in [0.2, 0.25) is 0 Å². The molecule has 6 nitrogen and oxygen atoms in total. The number of nitrogens with two attached hydrogens (primary N) is 1. The van der Waals surface area contributed by atoms with Crippen LogP contribution in [0.25, 0.3) is 0 Å². The number of aliphatic hydroxyl groups excluding tert-OH is 1. The van der Waals surface area contributed by atoms with Crippen LogP contribution in [0.15, 0.2) is 0 Å². The van der Waals surface area contributed by atoms with Crippen molar-refractivity contribution in [2.45, 2.75) is 18.6 Å². The molecule has 0 heterocycles. The summed E-state index contributed by atoms with van der Waals surface area (Å²) in [5, 5.41) is 20.5. The van der Waals surface area contributed by atoms with Crippen LogP contribution in [0.4, 0.5) is 0 Å². The van der Waals surface area contributed by atoms with Crippen molar-refractivity contribution < 1.29 is 19.7 Å². The number of aliphatic hydroxyl groups is 2. The largest absolute Gasteiger partial charge is 0.393 e. The van der Waals surface area contributed by atoms with Gasteiger partial charge < -0.3 is 26.0 Å². The predicted octanol–water partition coefficient (Wildman–Crippen LogP) is -2.18. The van der Waals surface area contributed by atoms with Crippen molar-refractivity contribution in [3.8, 4) is 0 Å². The normalized spacial score (nSPS) is 17.2. The summed E-state index contributed by atoms with van der Waals surface area (Å²) in [5.74, 6) is -0.399. The molecule has 2 unspecified atom stereocenters. The Hall–Kier alpha value is -0.690. The molecule has 5 N–H and O–H groups in total. The van der Waals surface area contributed by atoms with Gasteiger partial charge in [0.05, 0.1) is 6.61 Å². The molecular weight excluding hydrogens is 188 g/mol. The second-order valence-electron chi connectivity index (χ2n) is 3.33. The third-order valence-electron chi connectivity index (χ3n) is 1.78. The van der Waals surface area contributed by atoms with Crippen molar-refractivity contribution in [1.29, 1.82) is 0 Å². The van der Waals surface area contributed by atoms with E-state index in [9.17, 15) is 9.90 Å². The van der Waals surface area contributed by atoms with Crippen LogP contribution in [0.1, 0.15) is 6.92 Å². The third kappa shape index (κ3) is 4.52. The monoisotopic (exact) mass is 206 g/mol. The molecule has 0 saturated heterocycles. The van der Waals surface area contributed by atoms with E-state index in [0.717, 1.165) is 0 Å². The Morgan fingerprint density at radius 2 is 2.29 bits per heavy atom. The lowest BCUT2D eigenvalue weighted by Crippen LogP contribution is -2.48. The highest BCUT2D eigenvalue weighted by Crippen LogP contribution is 1.99. The van der Waals surface area contributed by atoms with Crippen LogP contribution >= 0.6 is 0 Å². The molecule has 1 amide bonds. The second-order valence-corrected chi connectivity index (χ2v) is 3.33. The van der Waals surface area contributed by atoms with E-state index in [4.69, 9.17) is 15.6 Å². The van der Waals surface area contributed by atoms with Gasteiger partial charge in [0.15, 0.2) is 0 Å². The fraction of sp³-hybridized carbons (Fsp3) is 0.875. The number of hydrogen-bond donors (Lipinski definition) is 4. The lowest BCUT2D eigenvalue weighted by Gasteiger charge is -2.22. The minimum absolute atomic E-state index is 0.0395.